The number of benzene rings is 1. The lowest BCUT2D eigenvalue weighted by molar-refractivity contribution is 0.0515. The first-order valence-electron chi connectivity index (χ1n) is 10.9. The molecule has 1 aliphatic rings. The van der Waals surface area contributed by atoms with E-state index in [1.54, 1.807) is 25.8 Å². The highest BCUT2D eigenvalue weighted by Gasteiger charge is 2.21. The second-order valence-electron chi connectivity index (χ2n) is 8.16. The number of oxazole rings is 1. The van der Waals surface area contributed by atoms with Crippen LogP contribution in [0.3, 0.4) is 0 Å². The predicted octanol–water partition coefficient (Wildman–Crippen LogP) is 3.84. The maximum Gasteiger partial charge on any atom is 0.225 e. The SMILES string of the molecule is COCOc1cc(-c2ncco2)ccc1-c1nnc(N[C@H]2CCCN(C)C2)c2cnccc12. The van der Waals surface area contributed by atoms with E-state index in [-0.39, 0.29) is 6.79 Å². The van der Waals surface area contributed by atoms with E-state index in [9.17, 15) is 0 Å². The molecular formula is C24H26N6O3. The van der Waals surface area contributed by atoms with E-state index in [2.05, 4.69) is 37.4 Å². The van der Waals surface area contributed by atoms with Crippen molar-refractivity contribution in [2.45, 2.75) is 18.9 Å². The second-order valence-corrected chi connectivity index (χ2v) is 8.16. The molecule has 3 aromatic heterocycles. The molecular weight excluding hydrogens is 420 g/mol. The number of likely N-dealkylation sites (N-methyl/N-ethyl adjacent to an activating group) is 1. The Morgan fingerprint density at radius 2 is 2.12 bits per heavy atom. The molecule has 1 saturated heterocycles. The summed E-state index contributed by atoms with van der Waals surface area (Å²) in [4.78, 5) is 10.9. The molecule has 1 aromatic carbocycles. The lowest BCUT2D eigenvalue weighted by Gasteiger charge is -2.30. The van der Waals surface area contributed by atoms with Crippen LogP contribution in [0.5, 0.6) is 5.75 Å². The van der Waals surface area contributed by atoms with Crippen molar-refractivity contribution in [2.24, 2.45) is 0 Å². The summed E-state index contributed by atoms with van der Waals surface area (Å²) in [6.45, 7) is 2.20. The zero-order valence-corrected chi connectivity index (χ0v) is 18.7. The molecule has 0 bridgehead atoms. The van der Waals surface area contributed by atoms with E-state index in [1.165, 1.54) is 0 Å². The number of ether oxygens (including phenoxy) is 2. The number of hydrogen-bond donors (Lipinski definition) is 1. The topological polar surface area (TPSA) is 98.4 Å². The third-order valence-electron chi connectivity index (χ3n) is 5.79. The molecule has 170 valence electrons. The normalized spacial score (nSPS) is 16.7. The van der Waals surface area contributed by atoms with Crippen molar-refractivity contribution in [3.63, 3.8) is 0 Å². The van der Waals surface area contributed by atoms with E-state index >= 15 is 0 Å². The van der Waals surface area contributed by atoms with Gasteiger partial charge in [0.2, 0.25) is 5.89 Å². The zero-order valence-electron chi connectivity index (χ0n) is 18.7. The summed E-state index contributed by atoms with van der Waals surface area (Å²) in [6.07, 6.45) is 9.02. The summed E-state index contributed by atoms with van der Waals surface area (Å²) in [5.74, 6) is 1.87. The highest BCUT2D eigenvalue weighted by molar-refractivity contribution is 6.00. The molecule has 0 amide bonds. The number of aromatic nitrogens is 4. The first-order chi connectivity index (χ1) is 16.2. The largest absolute Gasteiger partial charge is 0.467 e. The number of rotatable bonds is 7. The van der Waals surface area contributed by atoms with Crippen LogP contribution in [-0.4, -0.2) is 65.1 Å². The predicted molar refractivity (Wildman–Crippen MR) is 125 cm³/mol. The highest BCUT2D eigenvalue weighted by Crippen LogP contribution is 2.37. The summed E-state index contributed by atoms with van der Waals surface area (Å²) < 4.78 is 16.5. The van der Waals surface area contributed by atoms with Crippen LogP contribution < -0.4 is 10.1 Å². The van der Waals surface area contributed by atoms with Crippen LogP contribution >= 0.6 is 0 Å². The Hall–Kier alpha value is -3.56. The molecule has 9 nitrogen and oxygen atoms in total. The number of likely N-dealkylation sites (tertiary alicyclic amines) is 1. The number of anilines is 1. The summed E-state index contributed by atoms with van der Waals surface area (Å²) in [6, 6.07) is 8.03. The number of piperidine rings is 1. The Balaban J connectivity index is 1.56. The number of nitrogens with zero attached hydrogens (tertiary/aromatic N) is 5. The van der Waals surface area contributed by atoms with Crippen molar-refractivity contribution < 1.29 is 13.9 Å². The summed E-state index contributed by atoms with van der Waals surface area (Å²) >= 11 is 0. The van der Waals surface area contributed by atoms with E-state index in [0.29, 0.717) is 23.4 Å². The van der Waals surface area contributed by atoms with Crippen LogP contribution in [0.2, 0.25) is 0 Å². The maximum atomic E-state index is 5.90. The Labute approximate surface area is 191 Å². The summed E-state index contributed by atoms with van der Waals surface area (Å²) in [7, 11) is 3.73. The van der Waals surface area contributed by atoms with Gasteiger partial charge in [-0.2, -0.15) is 0 Å². The Kier molecular flexibility index (Phi) is 6.14. The molecule has 0 aliphatic carbocycles. The molecule has 0 saturated carbocycles. The average Bonchev–Trinajstić information content (AvgIpc) is 3.38. The van der Waals surface area contributed by atoms with Gasteiger partial charge in [0.15, 0.2) is 12.6 Å². The fourth-order valence-corrected chi connectivity index (χ4v) is 4.24. The number of nitrogens with one attached hydrogen (secondary N) is 1. The van der Waals surface area contributed by atoms with Crippen molar-refractivity contribution in [1.82, 2.24) is 25.1 Å². The van der Waals surface area contributed by atoms with Crippen LogP contribution in [0.15, 0.2) is 53.5 Å². The van der Waals surface area contributed by atoms with Gasteiger partial charge in [0.1, 0.15) is 17.7 Å². The highest BCUT2D eigenvalue weighted by atomic mass is 16.7. The van der Waals surface area contributed by atoms with E-state index in [1.807, 2.05) is 30.5 Å². The molecule has 1 aliphatic heterocycles. The van der Waals surface area contributed by atoms with Gasteiger partial charge in [0.25, 0.3) is 0 Å². The number of hydrogen-bond acceptors (Lipinski definition) is 9. The van der Waals surface area contributed by atoms with Gasteiger partial charge in [-0.25, -0.2) is 4.98 Å². The second kappa shape index (κ2) is 9.51. The quantitative estimate of drug-likeness (QED) is 0.425. The van der Waals surface area contributed by atoms with Gasteiger partial charge < -0.3 is 24.1 Å². The minimum absolute atomic E-state index is 0.101. The van der Waals surface area contributed by atoms with Gasteiger partial charge in [-0.3, -0.25) is 4.98 Å². The molecule has 0 spiro atoms. The molecule has 4 heterocycles. The number of methoxy groups -OCH3 is 1. The molecule has 0 unspecified atom stereocenters. The van der Waals surface area contributed by atoms with Crippen molar-refractivity contribution in [3.8, 4) is 28.5 Å². The van der Waals surface area contributed by atoms with Crippen molar-refractivity contribution in [1.29, 1.82) is 0 Å². The summed E-state index contributed by atoms with van der Waals surface area (Å²) in [5.41, 5.74) is 2.31. The third kappa shape index (κ3) is 4.50. The van der Waals surface area contributed by atoms with Crippen LogP contribution in [0.1, 0.15) is 12.8 Å². The minimum atomic E-state index is 0.101. The molecule has 9 heteroatoms. The molecule has 1 atom stereocenters. The van der Waals surface area contributed by atoms with Crippen molar-refractivity contribution in [2.75, 3.05) is 39.4 Å². The van der Waals surface area contributed by atoms with Gasteiger partial charge in [-0.05, 0) is 50.7 Å². The molecule has 0 radical (unpaired) electrons. The fraction of sp³-hybridized carbons (Fsp3) is 0.333. The standard InChI is InChI=1S/C24H26N6O3/c1-30-10-3-4-17(14-30)27-23-20-13-25-8-7-18(20)22(28-29-23)19-6-5-16(24-26-9-11-32-24)12-21(19)33-15-31-2/h5-9,11-13,17H,3-4,10,14-15H2,1-2H3,(H,27,29)/t17-/m0/s1. The van der Waals surface area contributed by atoms with E-state index in [0.717, 1.165) is 53.6 Å². The number of pyridine rings is 1. The van der Waals surface area contributed by atoms with E-state index < -0.39 is 0 Å². The monoisotopic (exact) mass is 446 g/mol. The first-order valence-corrected chi connectivity index (χ1v) is 10.9. The lowest BCUT2D eigenvalue weighted by Crippen LogP contribution is -2.40. The first kappa shape index (κ1) is 21.3. The van der Waals surface area contributed by atoms with Gasteiger partial charge >= 0.3 is 0 Å². The number of fused-ring (bicyclic) bond motifs is 1. The third-order valence-corrected chi connectivity index (χ3v) is 5.79. The molecule has 1 fully saturated rings. The van der Waals surface area contributed by atoms with Crippen LogP contribution in [0.25, 0.3) is 33.5 Å². The Bertz CT molecular complexity index is 1230. The zero-order chi connectivity index (χ0) is 22.6. The summed E-state index contributed by atoms with van der Waals surface area (Å²) in [5, 5.41) is 14.6. The Morgan fingerprint density at radius 3 is 2.94 bits per heavy atom. The smallest absolute Gasteiger partial charge is 0.225 e. The van der Waals surface area contributed by atoms with Crippen LogP contribution in [-0.2, 0) is 4.74 Å². The lowest BCUT2D eigenvalue weighted by atomic mass is 10.0. The van der Waals surface area contributed by atoms with Gasteiger partial charge in [-0.1, -0.05) is 0 Å². The van der Waals surface area contributed by atoms with Crippen LogP contribution in [0.4, 0.5) is 5.82 Å². The van der Waals surface area contributed by atoms with Gasteiger partial charge in [-0.15, -0.1) is 10.2 Å². The van der Waals surface area contributed by atoms with Crippen molar-refractivity contribution >= 4 is 16.6 Å². The van der Waals surface area contributed by atoms with Gasteiger partial charge in [0.05, 0.1) is 6.20 Å². The van der Waals surface area contributed by atoms with Crippen LogP contribution in [0, 0.1) is 0 Å². The van der Waals surface area contributed by atoms with Crippen molar-refractivity contribution in [3.05, 3.63) is 49.1 Å². The Morgan fingerprint density at radius 1 is 1.18 bits per heavy atom. The molecule has 4 aromatic rings. The molecule has 1 N–H and O–H groups in total. The fourth-order valence-electron chi connectivity index (χ4n) is 4.24. The molecule has 5 rings (SSSR count). The molecule has 33 heavy (non-hydrogen) atoms. The average molecular weight is 447 g/mol. The van der Waals surface area contributed by atoms with E-state index in [4.69, 9.17) is 13.9 Å². The van der Waals surface area contributed by atoms with Gasteiger partial charge in [0, 0.05) is 54.0 Å². The minimum Gasteiger partial charge on any atom is -0.467 e. The maximum absolute atomic E-state index is 5.90.